The molecule has 3 nitrogen and oxygen atoms in total. The van der Waals surface area contributed by atoms with Gasteiger partial charge in [0.25, 0.3) is 0 Å². The SMILES string of the molecule is CCc1ccccc1CNC(C)c1ccc(O)c(OC)c1. The van der Waals surface area contributed by atoms with Crippen LogP contribution in [0.3, 0.4) is 0 Å². The van der Waals surface area contributed by atoms with E-state index in [0.717, 1.165) is 18.5 Å². The minimum atomic E-state index is 0.171. The van der Waals surface area contributed by atoms with Gasteiger partial charge in [0.2, 0.25) is 0 Å². The fraction of sp³-hybridized carbons (Fsp3) is 0.333. The Labute approximate surface area is 126 Å². The summed E-state index contributed by atoms with van der Waals surface area (Å²) in [6, 6.07) is 14.1. The third kappa shape index (κ3) is 3.76. The zero-order valence-corrected chi connectivity index (χ0v) is 12.9. The molecular formula is C18H23NO2. The van der Waals surface area contributed by atoms with Gasteiger partial charge >= 0.3 is 0 Å². The van der Waals surface area contributed by atoms with E-state index in [2.05, 4.69) is 43.4 Å². The van der Waals surface area contributed by atoms with Crippen molar-refractivity contribution in [1.82, 2.24) is 5.32 Å². The van der Waals surface area contributed by atoms with Gasteiger partial charge < -0.3 is 15.2 Å². The van der Waals surface area contributed by atoms with Gasteiger partial charge in [0, 0.05) is 12.6 Å². The maximum Gasteiger partial charge on any atom is 0.160 e. The van der Waals surface area contributed by atoms with Crippen molar-refractivity contribution < 1.29 is 9.84 Å². The summed E-state index contributed by atoms with van der Waals surface area (Å²) in [5.74, 6) is 0.680. The quantitative estimate of drug-likeness (QED) is 0.848. The molecule has 0 aliphatic carbocycles. The molecule has 0 aromatic heterocycles. The van der Waals surface area contributed by atoms with Crippen molar-refractivity contribution in [2.24, 2.45) is 0 Å². The first-order valence-electron chi connectivity index (χ1n) is 7.32. The predicted molar refractivity (Wildman–Crippen MR) is 85.7 cm³/mol. The zero-order valence-electron chi connectivity index (χ0n) is 12.9. The van der Waals surface area contributed by atoms with Gasteiger partial charge in [-0.15, -0.1) is 0 Å². The van der Waals surface area contributed by atoms with Crippen molar-refractivity contribution in [2.45, 2.75) is 32.9 Å². The molecule has 0 heterocycles. The summed E-state index contributed by atoms with van der Waals surface area (Å²) >= 11 is 0. The number of benzene rings is 2. The summed E-state index contributed by atoms with van der Waals surface area (Å²) in [4.78, 5) is 0. The normalized spacial score (nSPS) is 12.1. The molecule has 1 atom stereocenters. The lowest BCUT2D eigenvalue weighted by molar-refractivity contribution is 0.372. The Morgan fingerprint density at radius 2 is 1.86 bits per heavy atom. The number of ether oxygens (including phenoxy) is 1. The van der Waals surface area contributed by atoms with Crippen molar-refractivity contribution in [1.29, 1.82) is 0 Å². The smallest absolute Gasteiger partial charge is 0.160 e. The highest BCUT2D eigenvalue weighted by atomic mass is 16.5. The first-order chi connectivity index (χ1) is 10.2. The first-order valence-corrected chi connectivity index (χ1v) is 7.32. The van der Waals surface area contributed by atoms with Gasteiger partial charge in [0.15, 0.2) is 11.5 Å². The Morgan fingerprint density at radius 3 is 2.52 bits per heavy atom. The Kier molecular flexibility index (Phi) is 5.23. The number of methoxy groups -OCH3 is 1. The maximum atomic E-state index is 9.65. The van der Waals surface area contributed by atoms with E-state index >= 15 is 0 Å². The van der Waals surface area contributed by atoms with Gasteiger partial charge in [-0.2, -0.15) is 0 Å². The number of nitrogens with one attached hydrogen (secondary N) is 1. The standard InChI is InChI=1S/C18H23NO2/c1-4-14-7-5-6-8-16(14)12-19-13(2)15-9-10-17(20)18(11-15)21-3/h5-11,13,19-20H,4,12H2,1-3H3. The van der Waals surface area contributed by atoms with Crippen LogP contribution in [0.1, 0.15) is 36.6 Å². The van der Waals surface area contributed by atoms with Crippen LogP contribution in [0.15, 0.2) is 42.5 Å². The molecule has 2 aromatic carbocycles. The van der Waals surface area contributed by atoms with Gasteiger partial charge in [-0.05, 0) is 42.2 Å². The molecule has 2 aromatic rings. The molecule has 0 saturated carbocycles. The molecule has 21 heavy (non-hydrogen) atoms. The van der Waals surface area contributed by atoms with Crippen LogP contribution in [0.2, 0.25) is 0 Å². The first kappa shape index (κ1) is 15.4. The number of phenolic OH excluding ortho intramolecular Hbond substituents is 1. The van der Waals surface area contributed by atoms with Crippen molar-refractivity contribution >= 4 is 0 Å². The van der Waals surface area contributed by atoms with E-state index in [1.807, 2.05) is 12.1 Å². The van der Waals surface area contributed by atoms with E-state index in [-0.39, 0.29) is 11.8 Å². The van der Waals surface area contributed by atoms with Crippen LogP contribution in [0, 0.1) is 0 Å². The molecule has 0 saturated heterocycles. The Morgan fingerprint density at radius 1 is 1.14 bits per heavy atom. The van der Waals surface area contributed by atoms with Crippen molar-refractivity contribution in [3.63, 3.8) is 0 Å². The van der Waals surface area contributed by atoms with Gasteiger partial charge in [0.1, 0.15) is 0 Å². The van der Waals surface area contributed by atoms with Crippen LogP contribution in [-0.2, 0) is 13.0 Å². The molecule has 2 N–H and O–H groups in total. The third-order valence-corrected chi connectivity index (χ3v) is 3.80. The van der Waals surface area contributed by atoms with E-state index in [0.29, 0.717) is 5.75 Å². The molecule has 112 valence electrons. The lowest BCUT2D eigenvalue weighted by Crippen LogP contribution is -2.18. The zero-order chi connectivity index (χ0) is 15.2. The van der Waals surface area contributed by atoms with E-state index in [1.54, 1.807) is 13.2 Å². The molecule has 3 heteroatoms. The fourth-order valence-electron chi connectivity index (χ4n) is 2.42. The monoisotopic (exact) mass is 285 g/mol. The average molecular weight is 285 g/mol. The van der Waals surface area contributed by atoms with Gasteiger partial charge in [-0.25, -0.2) is 0 Å². The van der Waals surface area contributed by atoms with Crippen molar-refractivity contribution in [2.75, 3.05) is 7.11 Å². The van der Waals surface area contributed by atoms with Gasteiger partial charge in [-0.3, -0.25) is 0 Å². The minimum absolute atomic E-state index is 0.171. The number of phenols is 1. The maximum absolute atomic E-state index is 9.65. The molecule has 0 aliphatic rings. The summed E-state index contributed by atoms with van der Waals surface area (Å²) in [6.45, 7) is 5.11. The number of aryl methyl sites for hydroxylation is 1. The lowest BCUT2D eigenvalue weighted by atomic mass is 10.0. The topological polar surface area (TPSA) is 41.5 Å². The van der Waals surface area contributed by atoms with Gasteiger partial charge in [-0.1, -0.05) is 37.3 Å². The second-order valence-electron chi connectivity index (χ2n) is 5.16. The van der Waals surface area contributed by atoms with E-state index in [9.17, 15) is 5.11 Å². The van der Waals surface area contributed by atoms with Gasteiger partial charge in [0.05, 0.1) is 7.11 Å². The molecule has 0 bridgehead atoms. The Balaban J connectivity index is 2.06. The molecule has 2 rings (SSSR count). The molecular weight excluding hydrogens is 262 g/mol. The van der Waals surface area contributed by atoms with Crippen LogP contribution in [0.4, 0.5) is 0 Å². The second kappa shape index (κ2) is 7.14. The van der Waals surface area contributed by atoms with Crippen molar-refractivity contribution in [3.05, 3.63) is 59.2 Å². The molecule has 0 aliphatic heterocycles. The molecule has 0 amide bonds. The number of aromatic hydroxyl groups is 1. The Bertz CT molecular complexity index is 596. The summed E-state index contributed by atoms with van der Waals surface area (Å²) in [6.07, 6.45) is 1.04. The van der Waals surface area contributed by atoms with Crippen LogP contribution in [0.5, 0.6) is 11.5 Å². The minimum Gasteiger partial charge on any atom is -0.504 e. The van der Waals surface area contributed by atoms with Crippen LogP contribution in [0.25, 0.3) is 0 Å². The fourth-order valence-corrected chi connectivity index (χ4v) is 2.42. The summed E-state index contributed by atoms with van der Waals surface area (Å²) in [5.41, 5.74) is 3.80. The second-order valence-corrected chi connectivity index (χ2v) is 5.16. The van der Waals surface area contributed by atoms with E-state index in [4.69, 9.17) is 4.74 Å². The highest BCUT2D eigenvalue weighted by molar-refractivity contribution is 5.42. The van der Waals surface area contributed by atoms with Crippen LogP contribution >= 0.6 is 0 Å². The third-order valence-electron chi connectivity index (χ3n) is 3.80. The average Bonchev–Trinajstić information content (AvgIpc) is 2.53. The van der Waals surface area contributed by atoms with Crippen molar-refractivity contribution in [3.8, 4) is 11.5 Å². The highest BCUT2D eigenvalue weighted by Gasteiger charge is 2.09. The number of rotatable bonds is 6. The van der Waals surface area contributed by atoms with Crippen LogP contribution in [-0.4, -0.2) is 12.2 Å². The summed E-state index contributed by atoms with van der Waals surface area (Å²) in [5, 5.41) is 13.2. The lowest BCUT2D eigenvalue weighted by Gasteiger charge is -2.17. The van der Waals surface area contributed by atoms with E-state index < -0.39 is 0 Å². The Hall–Kier alpha value is -2.00. The predicted octanol–water partition coefficient (Wildman–Crippen LogP) is 3.81. The van der Waals surface area contributed by atoms with Crippen LogP contribution < -0.4 is 10.1 Å². The summed E-state index contributed by atoms with van der Waals surface area (Å²) < 4.78 is 5.16. The molecule has 1 unspecified atom stereocenters. The number of hydrogen-bond acceptors (Lipinski definition) is 3. The van der Waals surface area contributed by atoms with E-state index in [1.165, 1.54) is 11.1 Å². The summed E-state index contributed by atoms with van der Waals surface area (Å²) in [7, 11) is 1.56. The largest absolute Gasteiger partial charge is 0.504 e. The molecule has 0 spiro atoms. The molecule has 0 radical (unpaired) electrons. The highest BCUT2D eigenvalue weighted by Crippen LogP contribution is 2.28. The number of hydrogen-bond donors (Lipinski definition) is 2. The molecule has 0 fully saturated rings.